The average Bonchev–Trinajstić information content (AvgIpc) is 2.04. The highest BCUT2D eigenvalue weighted by Gasteiger charge is 2.08. The Bertz CT molecular complexity index is 168. The topological polar surface area (TPSA) is 41.1 Å². The van der Waals surface area contributed by atoms with Crippen LogP contribution in [0.3, 0.4) is 0 Å². The fourth-order valence-corrected chi connectivity index (χ4v) is 1.07. The lowest BCUT2D eigenvalue weighted by molar-refractivity contribution is -0.121. The van der Waals surface area contributed by atoms with E-state index >= 15 is 0 Å². The molecule has 0 aromatic rings. The first kappa shape index (κ1) is 12.2. The van der Waals surface area contributed by atoms with Crippen molar-refractivity contribution in [2.45, 2.75) is 39.3 Å². The second kappa shape index (κ2) is 6.66. The molecular weight excluding hydrogens is 164 g/mol. The molecule has 3 nitrogen and oxygen atoms in total. The molecule has 0 heterocycles. The van der Waals surface area contributed by atoms with E-state index in [1.807, 2.05) is 20.8 Å². The van der Waals surface area contributed by atoms with Gasteiger partial charge in [0.2, 0.25) is 5.91 Å². The van der Waals surface area contributed by atoms with Crippen LogP contribution in [-0.4, -0.2) is 24.5 Å². The Hall–Kier alpha value is -0.830. The molecule has 1 amide bonds. The average molecular weight is 184 g/mol. The first-order chi connectivity index (χ1) is 6.10. The highest BCUT2D eigenvalue weighted by molar-refractivity contribution is 5.77. The van der Waals surface area contributed by atoms with E-state index in [0.29, 0.717) is 6.42 Å². The SMILES string of the molecule is C=CC(C)NC(=O)CC(C)NCC. The van der Waals surface area contributed by atoms with Gasteiger partial charge in [-0.3, -0.25) is 4.79 Å². The summed E-state index contributed by atoms with van der Waals surface area (Å²) in [7, 11) is 0. The number of amides is 1. The maximum atomic E-state index is 11.3. The maximum Gasteiger partial charge on any atom is 0.222 e. The Balaban J connectivity index is 3.67. The van der Waals surface area contributed by atoms with E-state index in [4.69, 9.17) is 0 Å². The van der Waals surface area contributed by atoms with Gasteiger partial charge in [-0.1, -0.05) is 13.0 Å². The van der Waals surface area contributed by atoms with Gasteiger partial charge in [-0.25, -0.2) is 0 Å². The first-order valence-corrected chi connectivity index (χ1v) is 4.75. The van der Waals surface area contributed by atoms with Crippen LogP contribution < -0.4 is 10.6 Å². The van der Waals surface area contributed by atoms with Gasteiger partial charge < -0.3 is 10.6 Å². The van der Waals surface area contributed by atoms with E-state index in [2.05, 4.69) is 17.2 Å². The van der Waals surface area contributed by atoms with E-state index in [1.54, 1.807) is 6.08 Å². The van der Waals surface area contributed by atoms with Gasteiger partial charge in [0.05, 0.1) is 0 Å². The van der Waals surface area contributed by atoms with E-state index < -0.39 is 0 Å². The van der Waals surface area contributed by atoms with Crippen LogP contribution in [0.2, 0.25) is 0 Å². The molecule has 76 valence electrons. The van der Waals surface area contributed by atoms with Crippen LogP contribution in [0.15, 0.2) is 12.7 Å². The molecule has 2 atom stereocenters. The second-order valence-corrected chi connectivity index (χ2v) is 3.25. The van der Waals surface area contributed by atoms with Crippen molar-refractivity contribution in [2.24, 2.45) is 0 Å². The van der Waals surface area contributed by atoms with Crippen LogP contribution in [0.5, 0.6) is 0 Å². The van der Waals surface area contributed by atoms with Crippen LogP contribution >= 0.6 is 0 Å². The van der Waals surface area contributed by atoms with Crippen molar-refractivity contribution in [2.75, 3.05) is 6.54 Å². The van der Waals surface area contributed by atoms with Crippen molar-refractivity contribution in [1.82, 2.24) is 10.6 Å². The molecule has 13 heavy (non-hydrogen) atoms. The lowest BCUT2D eigenvalue weighted by Crippen LogP contribution is -2.36. The molecule has 0 aliphatic heterocycles. The Morgan fingerprint density at radius 1 is 1.54 bits per heavy atom. The van der Waals surface area contributed by atoms with Gasteiger partial charge in [-0.2, -0.15) is 0 Å². The summed E-state index contributed by atoms with van der Waals surface area (Å²) in [5, 5.41) is 6.00. The van der Waals surface area contributed by atoms with Crippen molar-refractivity contribution in [3.8, 4) is 0 Å². The lowest BCUT2D eigenvalue weighted by atomic mass is 10.2. The second-order valence-electron chi connectivity index (χ2n) is 3.25. The summed E-state index contributed by atoms with van der Waals surface area (Å²) in [5.41, 5.74) is 0. The van der Waals surface area contributed by atoms with E-state index in [1.165, 1.54) is 0 Å². The quantitative estimate of drug-likeness (QED) is 0.606. The summed E-state index contributed by atoms with van der Waals surface area (Å²) in [6.07, 6.45) is 2.24. The van der Waals surface area contributed by atoms with Crippen molar-refractivity contribution < 1.29 is 4.79 Å². The normalized spacial score (nSPS) is 14.7. The highest BCUT2D eigenvalue weighted by atomic mass is 16.1. The van der Waals surface area contributed by atoms with Gasteiger partial charge in [0.1, 0.15) is 0 Å². The van der Waals surface area contributed by atoms with E-state index in [9.17, 15) is 4.79 Å². The van der Waals surface area contributed by atoms with Gasteiger partial charge >= 0.3 is 0 Å². The van der Waals surface area contributed by atoms with Crippen molar-refractivity contribution in [1.29, 1.82) is 0 Å². The minimum absolute atomic E-state index is 0.0568. The predicted molar refractivity (Wildman–Crippen MR) is 55.6 cm³/mol. The van der Waals surface area contributed by atoms with E-state index in [0.717, 1.165) is 6.54 Å². The van der Waals surface area contributed by atoms with Gasteiger partial charge in [-0.15, -0.1) is 6.58 Å². The molecular formula is C10H20N2O. The number of carbonyl (C=O) groups is 1. The molecule has 0 spiro atoms. The van der Waals surface area contributed by atoms with Crippen LogP contribution in [0.25, 0.3) is 0 Å². The molecule has 0 saturated carbocycles. The summed E-state index contributed by atoms with van der Waals surface area (Å²) in [5.74, 6) is 0.0702. The Morgan fingerprint density at radius 2 is 2.15 bits per heavy atom. The minimum Gasteiger partial charge on any atom is -0.350 e. The van der Waals surface area contributed by atoms with Gasteiger partial charge in [0.25, 0.3) is 0 Å². The van der Waals surface area contributed by atoms with Gasteiger partial charge in [0.15, 0.2) is 0 Å². The van der Waals surface area contributed by atoms with Crippen LogP contribution in [0.1, 0.15) is 27.2 Å². The maximum absolute atomic E-state index is 11.3. The molecule has 0 saturated heterocycles. The molecule has 2 N–H and O–H groups in total. The molecule has 0 radical (unpaired) electrons. The molecule has 0 aliphatic rings. The van der Waals surface area contributed by atoms with Gasteiger partial charge in [0, 0.05) is 18.5 Å². The van der Waals surface area contributed by atoms with Crippen molar-refractivity contribution in [3.05, 3.63) is 12.7 Å². The molecule has 0 bridgehead atoms. The Morgan fingerprint density at radius 3 is 2.62 bits per heavy atom. The van der Waals surface area contributed by atoms with Crippen LogP contribution in [0.4, 0.5) is 0 Å². The molecule has 3 heteroatoms. The van der Waals surface area contributed by atoms with Crippen molar-refractivity contribution >= 4 is 5.91 Å². The fourth-order valence-electron chi connectivity index (χ4n) is 1.07. The molecule has 0 rings (SSSR count). The number of nitrogens with one attached hydrogen (secondary N) is 2. The largest absolute Gasteiger partial charge is 0.350 e. The molecule has 0 aromatic heterocycles. The summed E-state index contributed by atoms with van der Waals surface area (Å²) >= 11 is 0. The van der Waals surface area contributed by atoms with Crippen LogP contribution in [-0.2, 0) is 4.79 Å². The number of hydrogen-bond acceptors (Lipinski definition) is 2. The fraction of sp³-hybridized carbons (Fsp3) is 0.700. The zero-order valence-corrected chi connectivity index (χ0v) is 8.76. The standard InChI is InChI=1S/C10H20N2O/c1-5-8(3)12-10(13)7-9(4)11-6-2/h5,8-9,11H,1,6-7H2,2-4H3,(H,12,13). The third kappa shape index (κ3) is 6.34. The number of carbonyl (C=O) groups excluding carboxylic acids is 1. The summed E-state index contributed by atoms with van der Waals surface area (Å²) in [4.78, 5) is 11.3. The summed E-state index contributed by atoms with van der Waals surface area (Å²) < 4.78 is 0. The third-order valence-corrected chi connectivity index (χ3v) is 1.79. The predicted octanol–water partition coefficient (Wildman–Crippen LogP) is 1.07. The smallest absolute Gasteiger partial charge is 0.222 e. The van der Waals surface area contributed by atoms with Crippen LogP contribution in [0, 0.1) is 0 Å². The highest BCUT2D eigenvalue weighted by Crippen LogP contribution is 1.91. The lowest BCUT2D eigenvalue weighted by Gasteiger charge is -2.14. The Labute approximate surface area is 80.6 Å². The number of hydrogen-bond donors (Lipinski definition) is 2. The monoisotopic (exact) mass is 184 g/mol. The third-order valence-electron chi connectivity index (χ3n) is 1.79. The number of rotatable bonds is 6. The van der Waals surface area contributed by atoms with Crippen molar-refractivity contribution in [3.63, 3.8) is 0 Å². The molecule has 0 aromatic carbocycles. The Kier molecular flexibility index (Phi) is 6.24. The van der Waals surface area contributed by atoms with E-state index in [-0.39, 0.29) is 18.0 Å². The zero-order chi connectivity index (χ0) is 10.3. The minimum atomic E-state index is 0.0568. The summed E-state index contributed by atoms with van der Waals surface area (Å²) in [6.45, 7) is 10.4. The molecule has 0 aliphatic carbocycles. The molecule has 2 unspecified atom stereocenters. The van der Waals surface area contributed by atoms with Gasteiger partial charge in [-0.05, 0) is 20.4 Å². The first-order valence-electron chi connectivity index (χ1n) is 4.75. The molecule has 0 fully saturated rings. The summed E-state index contributed by atoms with van der Waals surface area (Å²) in [6, 6.07) is 0.295. The zero-order valence-electron chi connectivity index (χ0n) is 8.76.